The Morgan fingerprint density at radius 1 is 1.33 bits per heavy atom. The summed E-state index contributed by atoms with van der Waals surface area (Å²) in [5, 5.41) is 4.27. The number of hydrogen-bond acceptors (Lipinski definition) is 4. The largest absolute Gasteiger partial charge is 0.367 e. The molecule has 2 aromatic heterocycles. The summed E-state index contributed by atoms with van der Waals surface area (Å²) in [5.41, 5.74) is 1.27. The minimum atomic E-state index is 0.155. The number of anilines is 1. The number of nitrogens with zero attached hydrogens (tertiary/aromatic N) is 2. The zero-order valence-corrected chi connectivity index (χ0v) is 11.1. The summed E-state index contributed by atoms with van der Waals surface area (Å²) in [6.45, 7) is 3.89. The Morgan fingerprint density at radius 3 is 3.00 bits per heavy atom. The van der Waals surface area contributed by atoms with E-state index in [-0.39, 0.29) is 12.2 Å². The van der Waals surface area contributed by atoms with E-state index in [1.54, 1.807) is 11.3 Å². The van der Waals surface area contributed by atoms with E-state index in [4.69, 9.17) is 4.74 Å². The summed E-state index contributed by atoms with van der Waals surface area (Å²) >= 11 is 1.72. The van der Waals surface area contributed by atoms with E-state index < -0.39 is 0 Å². The lowest BCUT2D eigenvalue weighted by Gasteiger charge is -2.37. The van der Waals surface area contributed by atoms with Crippen molar-refractivity contribution >= 4 is 17.2 Å². The molecule has 0 radical (unpaired) electrons. The monoisotopic (exact) mass is 260 g/mol. The Bertz CT molecular complexity index is 486. The van der Waals surface area contributed by atoms with Gasteiger partial charge in [-0.2, -0.15) is 11.3 Å². The van der Waals surface area contributed by atoms with Crippen LogP contribution < -0.4 is 4.90 Å². The fourth-order valence-electron chi connectivity index (χ4n) is 2.32. The first-order valence-corrected chi connectivity index (χ1v) is 7.11. The van der Waals surface area contributed by atoms with Crippen LogP contribution in [0.25, 0.3) is 0 Å². The molecular weight excluding hydrogens is 244 g/mol. The number of aromatic nitrogens is 1. The van der Waals surface area contributed by atoms with Crippen LogP contribution in [0.3, 0.4) is 0 Å². The summed E-state index contributed by atoms with van der Waals surface area (Å²) in [6.07, 6.45) is 2.22. The van der Waals surface area contributed by atoms with Crippen molar-refractivity contribution in [2.24, 2.45) is 0 Å². The maximum atomic E-state index is 6.02. The molecule has 1 saturated heterocycles. The lowest BCUT2D eigenvalue weighted by Crippen LogP contribution is -2.43. The maximum Gasteiger partial charge on any atom is 0.128 e. The fraction of sp³-hybridized carbons (Fsp3) is 0.357. The van der Waals surface area contributed by atoms with Gasteiger partial charge in [0.05, 0.1) is 6.10 Å². The molecule has 1 aliphatic heterocycles. The molecule has 18 heavy (non-hydrogen) atoms. The number of ether oxygens (including phenoxy) is 1. The van der Waals surface area contributed by atoms with E-state index in [0.29, 0.717) is 0 Å². The topological polar surface area (TPSA) is 25.4 Å². The van der Waals surface area contributed by atoms with Gasteiger partial charge in [-0.15, -0.1) is 0 Å². The molecule has 2 atom stereocenters. The molecule has 0 aliphatic carbocycles. The van der Waals surface area contributed by atoms with Gasteiger partial charge in [-0.3, -0.25) is 0 Å². The van der Waals surface area contributed by atoms with Crippen LogP contribution in [0.5, 0.6) is 0 Å². The second-order valence-electron chi connectivity index (χ2n) is 4.58. The first-order chi connectivity index (χ1) is 8.83. The summed E-state index contributed by atoms with van der Waals surface area (Å²) in [6, 6.07) is 8.18. The quantitative estimate of drug-likeness (QED) is 0.829. The van der Waals surface area contributed by atoms with Gasteiger partial charge in [-0.05, 0) is 41.4 Å². The number of hydrogen-bond donors (Lipinski definition) is 0. The van der Waals surface area contributed by atoms with Gasteiger partial charge in [0, 0.05) is 19.3 Å². The van der Waals surface area contributed by atoms with Gasteiger partial charge in [0.1, 0.15) is 11.9 Å². The van der Waals surface area contributed by atoms with Crippen molar-refractivity contribution in [2.45, 2.75) is 19.1 Å². The predicted molar refractivity (Wildman–Crippen MR) is 74.1 cm³/mol. The van der Waals surface area contributed by atoms with Crippen molar-refractivity contribution in [3.63, 3.8) is 0 Å². The highest BCUT2D eigenvalue weighted by atomic mass is 32.1. The molecule has 0 saturated carbocycles. The average molecular weight is 260 g/mol. The highest BCUT2D eigenvalue weighted by Gasteiger charge is 2.27. The van der Waals surface area contributed by atoms with E-state index in [1.165, 1.54) is 5.56 Å². The number of pyridine rings is 1. The lowest BCUT2D eigenvalue weighted by molar-refractivity contribution is -0.0173. The lowest BCUT2D eigenvalue weighted by atomic mass is 10.1. The Balaban J connectivity index is 1.81. The van der Waals surface area contributed by atoms with Gasteiger partial charge in [-0.1, -0.05) is 6.07 Å². The third-order valence-electron chi connectivity index (χ3n) is 3.15. The Labute approximate surface area is 111 Å². The molecule has 3 heterocycles. The van der Waals surface area contributed by atoms with Gasteiger partial charge in [0.25, 0.3) is 0 Å². The molecule has 2 aromatic rings. The molecule has 94 valence electrons. The minimum absolute atomic E-state index is 0.155. The highest BCUT2D eigenvalue weighted by molar-refractivity contribution is 7.07. The van der Waals surface area contributed by atoms with Gasteiger partial charge in [0.2, 0.25) is 0 Å². The Hall–Kier alpha value is -1.39. The summed E-state index contributed by atoms with van der Waals surface area (Å²) < 4.78 is 6.02. The van der Waals surface area contributed by atoms with Gasteiger partial charge < -0.3 is 9.64 Å². The third kappa shape index (κ3) is 2.40. The molecular formula is C14H16N2OS. The Morgan fingerprint density at radius 2 is 2.28 bits per heavy atom. The smallest absolute Gasteiger partial charge is 0.128 e. The Kier molecular flexibility index (Phi) is 3.30. The normalized spacial score (nSPS) is 24.2. The zero-order valence-electron chi connectivity index (χ0n) is 10.3. The second kappa shape index (κ2) is 5.08. The molecule has 1 aliphatic rings. The average Bonchev–Trinajstić information content (AvgIpc) is 2.93. The molecule has 0 amide bonds. The fourth-order valence-corrected chi connectivity index (χ4v) is 3.02. The second-order valence-corrected chi connectivity index (χ2v) is 5.36. The van der Waals surface area contributed by atoms with Crippen LogP contribution in [0, 0.1) is 0 Å². The van der Waals surface area contributed by atoms with Crippen LogP contribution in [0.2, 0.25) is 0 Å². The maximum absolute atomic E-state index is 6.02. The molecule has 4 heteroatoms. The van der Waals surface area contributed by atoms with Gasteiger partial charge in [-0.25, -0.2) is 4.98 Å². The van der Waals surface area contributed by atoms with Crippen LogP contribution in [0.15, 0.2) is 41.2 Å². The summed E-state index contributed by atoms with van der Waals surface area (Å²) in [7, 11) is 0. The van der Waals surface area contributed by atoms with E-state index in [2.05, 4.69) is 39.7 Å². The number of rotatable bonds is 2. The predicted octanol–water partition coefficient (Wildman–Crippen LogP) is 3.11. The first-order valence-electron chi connectivity index (χ1n) is 6.16. The van der Waals surface area contributed by atoms with Crippen molar-refractivity contribution in [1.29, 1.82) is 0 Å². The van der Waals surface area contributed by atoms with E-state index in [9.17, 15) is 0 Å². The van der Waals surface area contributed by atoms with Crippen molar-refractivity contribution in [3.05, 3.63) is 46.8 Å². The van der Waals surface area contributed by atoms with Crippen molar-refractivity contribution < 1.29 is 4.74 Å². The van der Waals surface area contributed by atoms with Gasteiger partial charge in [0.15, 0.2) is 0 Å². The molecule has 0 aromatic carbocycles. The van der Waals surface area contributed by atoms with Crippen LogP contribution in [0.1, 0.15) is 18.6 Å². The van der Waals surface area contributed by atoms with Gasteiger partial charge >= 0.3 is 0 Å². The van der Waals surface area contributed by atoms with Crippen LogP contribution in [0.4, 0.5) is 5.82 Å². The SMILES string of the molecule is CC1CN(c2ccccn2)CC(c2ccsc2)O1. The standard InChI is InChI=1S/C14H16N2OS/c1-11-8-16(14-4-2-3-6-15-14)9-13(17-11)12-5-7-18-10-12/h2-7,10-11,13H,8-9H2,1H3. The zero-order chi connectivity index (χ0) is 12.4. The van der Waals surface area contributed by atoms with Crippen LogP contribution in [-0.2, 0) is 4.74 Å². The molecule has 1 fully saturated rings. The van der Waals surface area contributed by atoms with E-state index >= 15 is 0 Å². The molecule has 0 spiro atoms. The van der Waals surface area contributed by atoms with E-state index in [0.717, 1.165) is 18.9 Å². The van der Waals surface area contributed by atoms with Crippen molar-refractivity contribution in [3.8, 4) is 0 Å². The van der Waals surface area contributed by atoms with Crippen LogP contribution >= 0.6 is 11.3 Å². The minimum Gasteiger partial charge on any atom is -0.367 e. The summed E-state index contributed by atoms with van der Waals surface area (Å²) in [5.74, 6) is 1.04. The third-order valence-corrected chi connectivity index (χ3v) is 3.85. The van der Waals surface area contributed by atoms with Crippen molar-refractivity contribution in [1.82, 2.24) is 4.98 Å². The molecule has 2 unspecified atom stereocenters. The van der Waals surface area contributed by atoms with Crippen molar-refractivity contribution in [2.75, 3.05) is 18.0 Å². The summed E-state index contributed by atoms with van der Waals surface area (Å²) in [4.78, 5) is 6.73. The molecule has 3 nitrogen and oxygen atoms in total. The van der Waals surface area contributed by atoms with Crippen LogP contribution in [-0.4, -0.2) is 24.2 Å². The molecule has 0 bridgehead atoms. The molecule has 0 N–H and O–H groups in total. The van der Waals surface area contributed by atoms with E-state index in [1.807, 2.05) is 18.3 Å². The first kappa shape index (κ1) is 11.7. The number of thiophene rings is 1. The molecule has 3 rings (SSSR count). The highest BCUT2D eigenvalue weighted by Crippen LogP contribution is 2.28. The number of morpholine rings is 1.